The summed E-state index contributed by atoms with van der Waals surface area (Å²) >= 11 is 0. The van der Waals surface area contributed by atoms with Crippen LogP contribution < -0.4 is 11.1 Å². The molecule has 2 aromatic rings. The Bertz CT molecular complexity index is 704. The summed E-state index contributed by atoms with van der Waals surface area (Å²) in [6, 6.07) is 17.8. The molecule has 5 nitrogen and oxygen atoms in total. The van der Waals surface area contributed by atoms with Crippen molar-refractivity contribution in [2.45, 2.75) is 38.8 Å². The van der Waals surface area contributed by atoms with Gasteiger partial charge in [-0.15, -0.1) is 0 Å². The van der Waals surface area contributed by atoms with Crippen LogP contribution >= 0.6 is 0 Å². The summed E-state index contributed by atoms with van der Waals surface area (Å²) in [5.74, 6) is -0.315. The Hall–Kier alpha value is -2.66. The predicted molar refractivity (Wildman–Crippen MR) is 105 cm³/mol. The van der Waals surface area contributed by atoms with Crippen LogP contribution in [0.2, 0.25) is 0 Å². The molecule has 2 amide bonds. The molecule has 3 N–H and O–H groups in total. The lowest BCUT2D eigenvalue weighted by Gasteiger charge is -2.29. The maximum Gasteiger partial charge on any atom is 0.246 e. The summed E-state index contributed by atoms with van der Waals surface area (Å²) < 4.78 is 0. The quantitative estimate of drug-likeness (QED) is 0.764. The number of anilines is 1. The van der Waals surface area contributed by atoms with E-state index in [1.165, 1.54) is 0 Å². The summed E-state index contributed by atoms with van der Waals surface area (Å²) in [6.45, 7) is 4.25. The van der Waals surface area contributed by atoms with Gasteiger partial charge in [-0.2, -0.15) is 0 Å². The molecule has 0 spiro atoms. The highest BCUT2D eigenvalue weighted by Gasteiger charge is 2.26. The van der Waals surface area contributed by atoms with E-state index in [1.54, 1.807) is 11.8 Å². The second kappa shape index (κ2) is 9.73. The first-order valence-corrected chi connectivity index (χ1v) is 8.98. The Morgan fingerprint density at radius 3 is 2.19 bits per heavy atom. The molecule has 0 aliphatic heterocycles. The molecule has 2 aromatic carbocycles. The van der Waals surface area contributed by atoms with Crippen LogP contribution in [0.5, 0.6) is 0 Å². The van der Waals surface area contributed by atoms with Gasteiger partial charge in [-0.1, -0.05) is 55.5 Å². The average Bonchev–Trinajstić information content (AvgIpc) is 2.66. The SMILES string of the molecule is CCCN(C(=O)CC(N)c1ccccc1)C(C)C(=O)Nc1ccccc1. The second-order valence-electron chi connectivity index (χ2n) is 6.34. The van der Waals surface area contributed by atoms with Crippen LogP contribution in [0, 0.1) is 0 Å². The molecule has 26 heavy (non-hydrogen) atoms. The fourth-order valence-electron chi connectivity index (χ4n) is 2.81. The number of carbonyl (C=O) groups is 2. The lowest BCUT2D eigenvalue weighted by Crippen LogP contribution is -2.46. The van der Waals surface area contributed by atoms with Gasteiger partial charge in [-0.25, -0.2) is 0 Å². The summed E-state index contributed by atoms with van der Waals surface area (Å²) in [5.41, 5.74) is 7.81. The molecule has 5 heteroatoms. The number of amides is 2. The Morgan fingerprint density at radius 1 is 1.04 bits per heavy atom. The highest BCUT2D eigenvalue weighted by molar-refractivity contribution is 5.96. The number of nitrogens with two attached hydrogens (primary N) is 1. The normalized spacial score (nSPS) is 12.9. The number of benzene rings is 2. The fraction of sp³-hybridized carbons (Fsp3) is 0.333. The Kier molecular flexibility index (Phi) is 7.36. The Balaban J connectivity index is 2.03. The number of nitrogens with zero attached hydrogens (tertiary/aromatic N) is 1. The van der Waals surface area contributed by atoms with Crippen molar-refractivity contribution in [1.82, 2.24) is 4.90 Å². The van der Waals surface area contributed by atoms with Crippen molar-refractivity contribution >= 4 is 17.5 Å². The van der Waals surface area contributed by atoms with Gasteiger partial charge in [0.1, 0.15) is 6.04 Å². The van der Waals surface area contributed by atoms with Crippen molar-refractivity contribution in [2.75, 3.05) is 11.9 Å². The topological polar surface area (TPSA) is 75.4 Å². The summed E-state index contributed by atoms with van der Waals surface area (Å²) in [7, 11) is 0. The first-order valence-electron chi connectivity index (χ1n) is 8.98. The minimum absolute atomic E-state index is 0.112. The molecule has 0 radical (unpaired) electrons. The van der Waals surface area contributed by atoms with Crippen LogP contribution in [0.4, 0.5) is 5.69 Å². The zero-order valence-corrected chi connectivity index (χ0v) is 15.4. The zero-order chi connectivity index (χ0) is 18.9. The maximum absolute atomic E-state index is 12.8. The number of hydrogen-bond donors (Lipinski definition) is 2. The van der Waals surface area contributed by atoms with Crippen LogP contribution in [0.3, 0.4) is 0 Å². The smallest absolute Gasteiger partial charge is 0.246 e. The lowest BCUT2D eigenvalue weighted by molar-refractivity contribution is -0.138. The molecule has 138 valence electrons. The van der Waals surface area contributed by atoms with Gasteiger partial charge in [0.15, 0.2) is 0 Å². The van der Waals surface area contributed by atoms with Crippen LogP contribution in [0.1, 0.15) is 38.3 Å². The highest BCUT2D eigenvalue weighted by Crippen LogP contribution is 2.17. The third kappa shape index (κ3) is 5.43. The van der Waals surface area contributed by atoms with Crippen molar-refractivity contribution in [1.29, 1.82) is 0 Å². The van der Waals surface area contributed by atoms with Gasteiger partial charge < -0.3 is 16.0 Å². The largest absolute Gasteiger partial charge is 0.331 e. The molecule has 0 aromatic heterocycles. The van der Waals surface area contributed by atoms with Crippen LogP contribution in [0.15, 0.2) is 60.7 Å². The molecule has 0 fully saturated rings. The van der Waals surface area contributed by atoms with Gasteiger partial charge in [-0.3, -0.25) is 9.59 Å². The van der Waals surface area contributed by atoms with Crippen molar-refractivity contribution in [3.8, 4) is 0 Å². The van der Waals surface area contributed by atoms with Crippen LogP contribution in [-0.2, 0) is 9.59 Å². The lowest BCUT2D eigenvalue weighted by atomic mass is 10.0. The zero-order valence-electron chi connectivity index (χ0n) is 15.4. The second-order valence-corrected chi connectivity index (χ2v) is 6.34. The van der Waals surface area contributed by atoms with Gasteiger partial charge in [-0.05, 0) is 31.0 Å². The van der Waals surface area contributed by atoms with E-state index in [0.717, 1.165) is 12.0 Å². The highest BCUT2D eigenvalue weighted by atomic mass is 16.2. The average molecular weight is 353 g/mol. The van der Waals surface area contributed by atoms with Crippen molar-refractivity contribution in [3.05, 3.63) is 66.2 Å². The Morgan fingerprint density at radius 2 is 1.62 bits per heavy atom. The number of para-hydroxylation sites is 1. The third-order valence-corrected chi connectivity index (χ3v) is 4.30. The molecule has 0 bridgehead atoms. The third-order valence-electron chi connectivity index (χ3n) is 4.30. The first-order chi connectivity index (χ1) is 12.5. The molecule has 2 rings (SSSR count). The molecule has 0 saturated carbocycles. The van der Waals surface area contributed by atoms with Crippen LogP contribution in [-0.4, -0.2) is 29.3 Å². The summed E-state index contributed by atoms with van der Waals surface area (Å²) in [4.78, 5) is 26.9. The van der Waals surface area contributed by atoms with Gasteiger partial charge in [0.2, 0.25) is 11.8 Å². The molecular weight excluding hydrogens is 326 g/mol. The van der Waals surface area contributed by atoms with E-state index >= 15 is 0 Å². The number of hydrogen-bond acceptors (Lipinski definition) is 3. The molecule has 2 unspecified atom stereocenters. The first kappa shape index (κ1) is 19.7. The standard InChI is InChI=1S/C21H27N3O2/c1-3-14-24(16(2)21(26)23-18-12-8-5-9-13-18)20(25)15-19(22)17-10-6-4-7-11-17/h4-13,16,19H,3,14-15,22H2,1-2H3,(H,23,26). The molecule has 2 atom stereocenters. The van der Waals surface area contributed by atoms with Crippen molar-refractivity contribution in [2.24, 2.45) is 5.73 Å². The molecule has 0 aliphatic carbocycles. The van der Waals surface area contributed by atoms with E-state index in [1.807, 2.05) is 67.6 Å². The van der Waals surface area contributed by atoms with Crippen LogP contribution in [0.25, 0.3) is 0 Å². The van der Waals surface area contributed by atoms with E-state index in [9.17, 15) is 9.59 Å². The van der Waals surface area contributed by atoms with E-state index < -0.39 is 6.04 Å². The maximum atomic E-state index is 12.8. The van der Waals surface area contributed by atoms with E-state index in [0.29, 0.717) is 12.2 Å². The molecule has 0 saturated heterocycles. The molecular formula is C21H27N3O2. The summed E-state index contributed by atoms with van der Waals surface area (Å²) in [6.07, 6.45) is 0.947. The Labute approximate surface area is 155 Å². The predicted octanol–water partition coefficient (Wildman–Crippen LogP) is 3.34. The van der Waals surface area contributed by atoms with E-state index in [-0.39, 0.29) is 24.3 Å². The molecule has 0 heterocycles. The minimum atomic E-state index is -0.564. The monoisotopic (exact) mass is 353 g/mol. The van der Waals surface area contributed by atoms with Crippen molar-refractivity contribution in [3.63, 3.8) is 0 Å². The minimum Gasteiger partial charge on any atom is -0.331 e. The summed E-state index contributed by atoms with van der Waals surface area (Å²) in [5, 5.41) is 2.86. The van der Waals surface area contributed by atoms with Gasteiger partial charge >= 0.3 is 0 Å². The van der Waals surface area contributed by atoms with Gasteiger partial charge in [0.05, 0.1) is 0 Å². The van der Waals surface area contributed by atoms with E-state index in [2.05, 4.69) is 5.32 Å². The number of carbonyl (C=O) groups excluding carboxylic acids is 2. The molecule has 0 aliphatic rings. The van der Waals surface area contributed by atoms with Crippen molar-refractivity contribution < 1.29 is 9.59 Å². The van der Waals surface area contributed by atoms with E-state index in [4.69, 9.17) is 5.73 Å². The van der Waals surface area contributed by atoms with Gasteiger partial charge in [0.25, 0.3) is 0 Å². The number of rotatable bonds is 8. The van der Waals surface area contributed by atoms with Gasteiger partial charge in [0, 0.05) is 24.7 Å². The fourth-order valence-corrected chi connectivity index (χ4v) is 2.81. The number of nitrogens with one attached hydrogen (secondary N) is 1.